The number of hydrogen-bond acceptors (Lipinski definition) is 3. The molecule has 1 aromatic heterocycles. The second kappa shape index (κ2) is 5.45. The summed E-state index contributed by atoms with van der Waals surface area (Å²) in [5.74, 6) is 0.644. The highest BCUT2D eigenvalue weighted by atomic mass is 35.5. The molecule has 4 nitrogen and oxygen atoms in total. The van der Waals surface area contributed by atoms with E-state index in [2.05, 4.69) is 4.98 Å². The highest BCUT2D eigenvalue weighted by Crippen LogP contribution is 2.29. The zero-order valence-corrected chi connectivity index (χ0v) is 14.7. The van der Waals surface area contributed by atoms with Gasteiger partial charge in [-0.1, -0.05) is 11.6 Å². The van der Waals surface area contributed by atoms with Crippen molar-refractivity contribution in [2.24, 2.45) is 0 Å². The minimum Gasteiger partial charge on any atom is -0.325 e. The molecule has 2 aromatic rings. The van der Waals surface area contributed by atoms with Crippen molar-refractivity contribution in [3.8, 4) is 0 Å². The third-order valence-electron chi connectivity index (χ3n) is 3.64. The Morgan fingerprint density at radius 3 is 2.52 bits per heavy atom. The Balaban J connectivity index is 2.66. The molecule has 0 radical (unpaired) electrons. The number of rotatable bonds is 4. The molecule has 1 aromatic carbocycles. The van der Waals surface area contributed by atoms with E-state index in [1.54, 1.807) is 26.0 Å². The maximum Gasteiger partial charge on any atom is 0.154 e. The van der Waals surface area contributed by atoms with E-state index in [1.165, 1.54) is 6.26 Å². The Bertz CT molecular complexity index is 780. The minimum atomic E-state index is -3.22. The van der Waals surface area contributed by atoms with Crippen LogP contribution in [0.3, 0.4) is 0 Å². The van der Waals surface area contributed by atoms with Crippen molar-refractivity contribution < 1.29 is 8.42 Å². The molecule has 0 fully saturated rings. The van der Waals surface area contributed by atoms with E-state index < -0.39 is 14.6 Å². The fourth-order valence-corrected chi connectivity index (χ4v) is 2.78. The molecule has 0 aliphatic carbocycles. The monoisotopic (exact) mass is 348 g/mol. The Hall–Kier alpha value is -0.780. The van der Waals surface area contributed by atoms with Crippen molar-refractivity contribution in [2.75, 3.05) is 6.26 Å². The smallest absolute Gasteiger partial charge is 0.154 e. The van der Waals surface area contributed by atoms with Crippen LogP contribution in [0.1, 0.15) is 32.0 Å². The van der Waals surface area contributed by atoms with Gasteiger partial charge in [0.25, 0.3) is 0 Å². The van der Waals surface area contributed by atoms with Crippen LogP contribution in [-0.2, 0) is 16.4 Å². The van der Waals surface area contributed by atoms with E-state index in [1.807, 2.05) is 17.6 Å². The van der Waals surface area contributed by atoms with Crippen LogP contribution >= 0.6 is 23.2 Å². The SMILES string of the molecule is CC(Cl)c1nc2ccc(Cl)cc2n1CC(C)(C)S(C)(=O)=O. The molecular weight excluding hydrogens is 331 g/mol. The normalized spacial score (nSPS) is 14.6. The van der Waals surface area contributed by atoms with Crippen LogP contribution in [0.25, 0.3) is 11.0 Å². The van der Waals surface area contributed by atoms with Crippen molar-refractivity contribution in [1.29, 1.82) is 0 Å². The van der Waals surface area contributed by atoms with Crippen molar-refractivity contribution in [1.82, 2.24) is 9.55 Å². The molecule has 0 aliphatic heterocycles. The third-order valence-corrected chi connectivity index (χ3v) is 6.21. The van der Waals surface area contributed by atoms with E-state index in [0.29, 0.717) is 10.8 Å². The lowest BCUT2D eigenvalue weighted by Crippen LogP contribution is -2.36. The predicted octanol–water partition coefficient (Wildman–Crippen LogP) is 3.81. The van der Waals surface area contributed by atoms with Crippen LogP contribution in [0.2, 0.25) is 5.02 Å². The first-order valence-corrected chi connectivity index (χ1v) is 9.23. The quantitative estimate of drug-likeness (QED) is 0.789. The Labute approximate surface area is 135 Å². The number of aromatic nitrogens is 2. The maximum absolute atomic E-state index is 12.0. The first-order valence-electron chi connectivity index (χ1n) is 6.52. The van der Waals surface area contributed by atoms with Crippen LogP contribution in [0.4, 0.5) is 0 Å². The number of nitrogens with zero attached hydrogens (tertiary/aromatic N) is 2. The molecule has 0 N–H and O–H groups in total. The molecule has 7 heteroatoms. The molecule has 0 saturated heterocycles. The fraction of sp³-hybridized carbons (Fsp3) is 0.500. The summed E-state index contributed by atoms with van der Waals surface area (Å²) < 4.78 is 24.9. The number of benzene rings is 1. The molecule has 1 atom stereocenters. The fourth-order valence-electron chi connectivity index (χ4n) is 2.08. The van der Waals surface area contributed by atoms with Gasteiger partial charge in [-0.05, 0) is 39.0 Å². The van der Waals surface area contributed by atoms with Gasteiger partial charge >= 0.3 is 0 Å². The van der Waals surface area contributed by atoms with E-state index in [0.717, 1.165) is 11.0 Å². The van der Waals surface area contributed by atoms with Crippen LogP contribution in [0, 0.1) is 0 Å². The highest BCUT2D eigenvalue weighted by molar-refractivity contribution is 7.92. The Morgan fingerprint density at radius 2 is 2.00 bits per heavy atom. The van der Waals surface area contributed by atoms with Crippen molar-refractivity contribution in [3.05, 3.63) is 29.0 Å². The van der Waals surface area contributed by atoms with Gasteiger partial charge < -0.3 is 4.57 Å². The lowest BCUT2D eigenvalue weighted by molar-refractivity contribution is 0.499. The molecule has 2 rings (SSSR count). The zero-order chi connectivity index (χ0) is 16.0. The predicted molar refractivity (Wildman–Crippen MR) is 87.9 cm³/mol. The summed E-state index contributed by atoms with van der Waals surface area (Å²) in [6, 6.07) is 5.35. The summed E-state index contributed by atoms with van der Waals surface area (Å²) in [7, 11) is -3.22. The summed E-state index contributed by atoms with van der Waals surface area (Å²) in [6.45, 7) is 5.48. The molecular formula is C14H18Cl2N2O2S. The van der Waals surface area contributed by atoms with Gasteiger partial charge in [-0.15, -0.1) is 11.6 Å². The molecule has 0 spiro atoms. The number of halogens is 2. The first-order chi connectivity index (χ1) is 9.53. The van der Waals surface area contributed by atoms with E-state index in [-0.39, 0.29) is 11.9 Å². The van der Waals surface area contributed by atoms with Gasteiger partial charge in [-0.3, -0.25) is 0 Å². The average Bonchev–Trinajstić information content (AvgIpc) is 2.66. The molecule has 0 bridgehead atoms. The number of alkyl halides is 1. The summed E-state index contributed by atoms with van der Waals surface area (Å²) in [5, 5.41) is 0.251. The molecule has 116 valence electrons. The van der Waals surface area contributed by atoms with Gasteiger partial charge in [0, 0.05) is 17.8 Å². The molecule has 21 heavy (non-hydrogen) atoms. The van der Waals surface area contributed by atoms with Gasteiger partial charge in [0.1, 0.15) is 5.82 Å². The van der Waals surface area contributed by atoms with Crippen LogP contribution in [0.5, 0.6) is 0 Å². The van der Waals surface area contributed by atoms with Gasteiger partial charge in [-0.25, -0.2) is 13.4 Å². The lowest BCUT2D eigenvalue weighted by Gasteiger charge is -2.25. The summed E-state index contributed by atoms with van der Waals surface area (Å²) in [4.78, 5) is 4.50. The Kier molecular flexibility index (Phi) is 4.30. The second-order valence-corrected chi connectivity index (χ2v) is 9.58. The van der Waals surface area contributed by atoms with Gasteiger partial charge in [0.2, 0.25) is 0 Å². The van der Waals surface area contributed by atoms with Crippen molar-refractivity contribution in [3.63, 3.8) is 0 Å². The highest BCUT2D eigenvalue weighted by Gasteiger charge is 2.32. The largest absolute Gasteiger partial charge is 0.325 e. The number of fused-ring (bicyclic) bond motifs is 1. The molecule has 1 heterocycles. The van der Waals surface area contributed by atoms with Gasteiger partial charge in [0.15, 0.2) is 9.84 Å². The van der Waals surface area contributed by atoms with Crippen molar-refractivity contribution >= 4 is 44.1 Å². The Morgan fingerprint density at radius 1 is 1.38 bits per heavy atom. The number of imidazole rings is 1. The van der Waals surface area contributed by atoms with Crippen molar-refractivity contribution in [2.45, 2.75) is 37.4 Å². The van der Waals surface area contributed by atoms with E-state index in [9.17, 15) is 8.42 Å². The zero-order valence-electron chi connectivity index (χ0n) is 12.4. The van der Waals surface area contributed by atoms with Gasteiger partial charge in [-0.2, -0.15) is 0 Å². The lowest BCUT2D eigenvalue weighted by atomic mass is 10.2. The van der Waals surface area contributed by atoms with Crippen LogP contribution < -0.4 is 0 Å². The average molecular weight is 349 g/mol. The van der Waals surface area contributed by atoms with Gasteiger partial charge in [0.05, 0.1) is 21.2 Å². The molecule has 0 aliphatic rings. The topological polar surface area (TPSA) is 52.0 Å². The first kappa shape index (κ1) is 16.6. The summed E-state index contributed by atoms with van der Waals surface area (Å²) in [5.41, 5.74) is 1.55. The van der Waals surface area contributed by atoms with E-state index in [4.69, 9.17) is 23.2 Å². The van der Waals surface area contributed by atoms with Crippen LogP contribution in [0.15, 0.2) is 18.2 Å². The third kappa shape index (κ3) is 3.20. The van der Waals surface area contributed by atoms with E-state index >= 15 is 0 Å². The molecule has 1 unspecified atom stereocenters. The standard InChI is InChI=1S/C14H18Cl2N2O2S/c1-9(15)13-17-11-6-5-10(16)7-12(11)18(13)8-14(2,3)21(4,19)20/h5-7,9H,8H2,1-4H3. The second-order valence-electron chi connectivity index (χ2n) is 5.84. The number of sulfone groups is 1. The number of hydrogen-bond donors (Lipinski definition) is 0. The van der Waals surface area contributed by atoms with Crippen LogP contribution in [-0.4, -0.2) is 29.0 Å². The minimum absolute atomic E-state index is 0.273. The molecule has 0 amide bonds. The molecule has 0 saturated carbocycles. The summed E-state index contributed by atoms with van der Waals surface area (Å²) >= 11 is 12.2. The summed E-state index contributed by atoms with van der Waals surface area (Å²) in [6.07, 6.45) is 1.24. The maximum atomic E-state index is 12.0.